The van der Waals surface area contributed by atoms with Gasteiger partial charge in [0.1, 0.15) is 0 Å². The molecule has 0 N–H and O–H groups in total. The van der Waals surface area contributed by atoms with E-state index in [0.717, 1.165) is 0 Å². The standard InChI is InChI=1S/C18H25F13N2O2/c1-8(15(21,22)23)13-14(9(2)16(24,25)26,10(3)17(27,28)29)33(12(20)7-35-5)18(30,31)32(13)11(19)6-34-4/h8-13H,6-7H2,1-5H3. The van der Waals surface area contributed by atoms with E-state index in [4.69, 9.17) is 0 Å². The second-order valence-electron chi connectivity index (χ2n) is 8.26. The minimum atomic E-state index is -5.85. The number of hydrogen-bond donors (Lipinski definition) is 0. The summed E-state index contributed by atoms with van der Waals surface area (Å²) in [5.41, 5.74) is -4.41. The molecule has 0 spiro atoms. The van der Waals surface area contributed by atoms with Crippen LogP contribution in [0.2, 0.25) is 0 Å². The molecule has 0 aromatic heterocycles. The monoisotopic (exact) mass is 548 g/mol. The molecule has 0 aromatic rings. The van der Waals surface area contributed by atoms with Crippen LogP contribution in [-0.2, 0) is 9.47 Å². The Balaban J connectivity index is 4.33. The van der Waals surface area contributed by atoms with Gasteiger partial charge in [0.15, 0.2) is 12.6 Å². The third-order valence-electron chi connectivity index (χ3n) is 6.34. The normalized spacial score (nSPS) is 29.1. The van der Waals surface area contributed by atoms with Crippen molar-refractivity contribution >= 4 is 0 Å². The number of ether oxygens (including phenoxy) is 2. The quantitative estimate of drug-likeness (QED) is 0.271. The Morgan fingerprint density at radius 3 is 1.40 bits per heavy atom. The van der Waals surface area contributed by atoms with Gasteiger partial charge < -0.3 is 9.47 Å². The lowest BCUT2D eigenvalue weighted by Crippen LogP contribution is -2.71. The van der Waals surface area contributed by atoms with Crippen LogP contribution in [0.1, 0.15) is 20.8 Å². The van der Waals surface area contributed by atoms with Crippen LogP contribution in [0.4, 0.5) is 57.1 Å². The minimum absolute atomic E-state index is 0.0290. The molecular weight excluding hydrogens is 523 g/mol. The fourth-order valence-corrected chi connectivity index (χ4v) is 4.72. The molecule has 17 heteroatoms. The highest BCUT2D eigenvalue weighted by atomic mass is 19.4. The van der Waals surface area contributed by atoms with E-state index in [-0.39, 0.29) is 20.8 Å². The van der Waals surface area contributed by atoms with Crippen molar-refractivity contribution in [2.45, 2.75) is 69.6 Å². The maximum absolute atomic E-state index is 15.6. The predicted molar refractivity (Wildman–Crippen MR) is 94.3 cm³/mol. The fourth-order valence-electron chi connectivity index (χ4n) is 4.72. The van der Waals surface area contributed by atoms with E-state index in [9.17, 15) is 43.9 Å². The van der Waals surface area contributed by atoms with Gasteiger partial charge in [-0.25, -0.2) is 8.78 Å². The van der Waals surface area contributed by atoms with Crippen molar-refractivity contribution in [3.63, 3.8) is 0 Å². The fraction of sp³-hybridized carbons (Fsp3) is 1.00. The number of rotatable bonds is 9. The Labute approximate surface area is 192 Å². The Bertz CT molecular complexity index is 677. The lowest BCUT2D eigenvalue weighted by atomic mass is 9.65. The molecule has 0 amide bonds. The molecule has 1 fully saturated rings. The molecule has 4 nitrogen and oxygen atoms in total. The van der Waals surface area contributed by atoms with Crippen molar-refractivity contribution in [1.82, 2.24) is 9.80 Å². The van der Waals surface area contributed by atoms with Gasteiger partial charge in [0.25, 0.3) is 0 Å². The van der Waals surface area contributed by atoms with E-state index in [2.05, 4.69) is 9.47 Å². The zero-order chi connectivity index (χ0) is 27.9. The molecule has 210 valence electrons. The Kier molecular flexibility index (Phi) is 9.46. The third kappa shape index (κ3) is 5.61. The Morgan fingerprint density at radius 1 is 0.714 bits per heavy atom. The van der Waals surface area contributed by atoms with E-state index in [1.165, 1.54) is 0 Å². The maximum Gasteiger partial charge on any atom is 0.393 e. The minimum Gasteiger partial charge on any atom is -0.380 e. The van der Waals surface area contributed by atoms with E-state index in [1.807, 2.05) is 0 Å². The topological polar surface area (TPSA) is 24.9 Å². The molecule has 0 saturated carbocycles. The second-order valence-corrected chi connectivity index (χ2v) is 8.26. The van der Waals surface area contributed by atoms with Crippen molar-refractivity contribution < 1.29 is 66.5 Å². The summed E-state index contributed by atoms with van der Waals surface area (Å²) in [7, 11) is 1.37. The first-order chi connectivity index (χ1) is 15.5. The lowest BCUT2D eigenvalue weighted by molar-refractivity contribution is -0.314. The van der Waals surface area contributed by atoms with E-state index >= 15 is 13.2 Å². The molecule has 1 rings (SSSR count). The molecule has 0 bridgehead atoms. The van der Waals surface area contributed by atoms with Gasteiger partial charge in [-0.05, 0) is 0 Å². The van der Waals surface area contributed by atoms with Gasteiger partial charge in [-0.15, -0.1) is 0 Å². The summed E-state index contributed by atoms with van der Waals surface area (Å²) >= 11 is 0. The van der Waals surface area contributed by atoms with Gasteiger partial charge in [-0.1, -0.05) is 20.8 Å². The van der Waals surface area contributed by atoms with E-state index in [1.54, 1.807) is 0 Å². The van der Waals surface area contributed by atoms with Crippen molar-refractivity contribution in [1.29, 1.82) is 0 Å². The molecule has 1 aliphatic rings. The van der Waals surface area contributed by atoms with Crippen LogP contribution in [0.3, 0.4) is 0 Å². The lowest BCUT2D eigenvalue weighted by Gasteiger charge is -2.52. The summed E-state index contributed by atoms with van der Waals surface area (Å²) in [5.74, 6) is -10.7. The molecule has 0 aliphatic carbocycles. The largest absolute Gasteiger partial charge is 0.393 e. The van der Waals surface area contributed by atoms with Crippen LogP contribution in [0.15, 0.2) is 0 Å². The van der Waals surface area contributed by atoms with Gasteiger partial charge in [0.2, 0.25) is 0 Å². The molecule has 0 radical (unpaired) electrons. The summed E-state index contributed by atoms with van der Waals surface area (Å²) in [5, 5.41) is 0. The SMILES string of the molecule is COCC(F)N1C(C(C)C(F)(F)F)C(C(C)C(F)(F)F)(C(C)C(F)(F)F)N(C(F)COC)C1(F)F. The van der Waals surface area contributed by atoms with Crippen molar-refractivity contribution in [2.24, 2.45) is 17.8 Å². The zero-order valence-corrected chi connectivity index (χ0v) is 19.0. The molecule has 1 saturated heterocycles. The van der Waals surface area contributed by atoms with Gasteiger partial charge >= 0.3 is 24.7 Å². The van der Waals surface area contributed by atoms with E-state index < -0.39 is 89.6 Å². The highest BCUT2D eigenvalue weighted by Gasteiger charge is 2.81. The molecule has 1 heterocycles. The van der Waals surface area contributed by atoms with Crippen LogP contribution >= 0.6 is 0 Å². The van der Waals surface area contributed by atoms with Crippen LogP contribution < -0.4 is 0 Å². The Morgan fingerprint density at radius 2 is 1.09 bits per heavy atom. The summed E-state index contributed by atoms with van der Waals surface area (Å²) in [4.78, 5) is -2.38. The third-order valence-corrected chi connectivity index (χ3v) is 6.34. The summed E-state index contributed by atoms with van der Waals surface area (Å²) in [6.45, 7) is -3.15. The van der Waals surface area contributed by atoms with Gasteiger partial charge in [0, 0.05) is 14.2 Å². The maximum atomic E-state index is 15.6. The number of nitrogens with zero attached hydrogens (tertiary/aromatic N) is 2. The summed E-state index contributed by atoms with van der Waals surface area (Å²) in [6, 6.07) is -3.58. The first-order valence-corrected chi connectivity index (χ1v) is 9.97. The van der Waals surface area contributed by atoms with Crippen molar-refractivity contribution in [2.75, 3.05) is 27.4 Å². The summed E-state index contributed by atoms with van der Waals surface area (Å²) in [6.07, 6.45) is -29.7. The van der Waals surface area contributed by atoms with Gasteiger partial charge in [0.05, 0.1) is 42.5 Å². The molecule has 6 unspecified atom stereocenters. The van der Waals surface area contributed by atoms with Crippen molar-refractivity contribution in [3.8, 4) is 0 Å². The first-order valence-electron chi connectivity index (χ1n) is 9.97. The molecule has 35 heavy (non-hydrogen) atoms. The highest BCUT2D eigenvalue weighted by molar-refractivity contribution is 5.19. The number of halogens is 13. The smallest absolute Gasteiger partial charge is 0.380 e. The number of methoxy groups -OCH3 is 2. The molecule has 0 aromatic carbocycles. The molecular formula is C18H25F13N2O2. The van der Waals surface area contributed by atoms with E-state index in [0.29, 0.717) is 14.2 Å². The predicted octanol–water partition coefficient (Wildman–Crippen LogP) is 5.74. The van der Waals surface area contributed by atoms with Crippen LogP contribution in [0.25, 0.3) is 0 Å². The van der Waals surface area contributed by atoms with Gasteiger partial charge in [-0.2, -0.15) is 58.1 Å². The number of alkyl halides is 13. The second kappa shape index (κ2) is 10.4. The average Bonchev–Trinajstić information content (AvgIpc) is 2.88. The van der Waals surface area contributed by atoms with Crippen LogP contribution in [-0.4, -0.2) is 86.1 Å². The van der Waals surface area contributed by atoms with Gasteiger partial charge in [-0.3, -0.25) is 0 Å². The van der Waals surface area contributed by atoms with Crippen molar-refractivity contribution in [3.05, 3.63) is 0 Å². The van der Waals surface area contributed by atoms with Crippen LogP contribution in [0, 0.1) is 17.8 Å². The molecule has 6 atom stereocenters. The Hall–Kier alpha value is -1.07. The number of hydrogen-bond acceptors (Lipinski definition) is 4. The summed E-state index contributed by atoms with van der Waals surface area (Å²) < 4.78 is 195. The molecule has 1 aliphatic heterocycles. The average molecular weight is 548 g/mol. The first kappa shape index (κ1) is 32.0. The zero-order valence-electron chi connectivity index (χ0n) is 19.0. The highest BCUT2D eigenvalue weighted by Crippen LogP contribution is 2.62. The van der Waals surface area contributed by atoms with Crippen LogP contribution in [0.5, 0.6) is 0 Å².